The van der Waals surface area contributed by atoms with E-state index in [1.165, 1.54) is 0 Å². The summed E-state index contributed by atoms with van der Waals surface area (Å²) in [5, 5.41) is 4.31. The second kappa shape index (κ2) is 11.8. The Hall–Kier alpha value is -7.12. The molecule has 10 aromatic rings. The first-order chi connectivity index (χ1) is 25.3. The van der Waals surface area contributed by atoms with Gasteiger partial charge in [-0.05, 0) is 60.7 Å². The zero-order valence-corrected chi connectivity index (χ0v) is 27.2. The molecule has 0 N–H and O–H groups in total. The third-order valence-corrected chi connectivity index (χ3v) is 9.41. The molecular formula is C44H27N7. The highest BCUT2D eigenvalue weighted by Gasteiger charge is 2.19. The molecular weight excluding hydrogens is 627 g/mol. The van der Waals surface area contributed by atoms with Gasteiger partial charge in [0.2, 0.25) is 0 Å². The lowest BCUT2D eigenvalue weighted by atomic mass is 10.0. The van der Waals surface area contributed by atoms with Crippen molar-refractivity contribution >= 4 is 43.6 Å². The smallest absolute Gasteiger partial charge is 0.160 e. The van der Waals surface area contributed by atoms with Crippen LogP contribution in [-0.2, 0) is 0 Å². The molecule has 7 nitrogen and oxygen atoms in total. The van der Waals surface area contributed by atoms with Crippen molar-refractivity contribution in [2.45, 2.75) is 0 Å². The Morgan fingerprint density at radius 3 is 1.29 bits per heavy atom. The monoisotopic (exact) mass is 653 g/mol. The van der Waals surface area contributed by atoms with Crippen molar-refractivity contribution in [1.29, 1.82) is 0 Å². The van der Waals surface area contributed by atoms with Crippen LogP contribution in [0.2, 0.25) is 0 Å². The number of aromatic nitrogens is 7. The molecule has 0 spiro atoms. The molecule has 10 rings (SSSR count). The molecule has 5 aromatic carbocycles. The van der Waals surface area contributed by atoms with Crippen LogP contribution in [-0.4, -0.2) is 34.5 Å². The number of fused-ring (bicyclic) bond motifs is 5. The fourth-order valence-corrected chi connectivity index (χ4v) is 7.02. The molecule has 238 valence electrons. The minimum Gasteiger partial charge on any atom is -0.309 e. The molecule has 0 radical (unpaired) electrons. The first-order valence-corrected chi connectivity index (χ1v) is 16.8. The van der Waals surface area contributed by atoms with Crippen molar-refractivity contribution in [3.05, 3.63) is 164 Å². The predicted molar refractivity (Wildman–Crippen MR) is 204 cm³/mol. The first kappa shape index (κ1) is 28.9. The number of pyridine rings is 2. The van der Waals surface area contributed by atoms with Gasteiger partial charge in [0.25, 0.3) is 0 Å². The van der Waals surface area contributed by atoms with E-state index in [1.807, 2.05) is 60.7 Å². The van der Waals surface area contributed by atoms with Crippen molar-refractivity contribution in [3.8, 4) is 51.0 Å². The molecule has 5 heterocycles. The zero-order valence-electron chi connectivity index (χ0n) is 27.2. The molecule has 0 fully saturated rings. The Balaban J connectivity index is 1.22. The highest BCUT2D eigenvalue weighted by Crippen LogP contribution is 2.39. The van der Waals surface area contributed by atoms with Crippen LogP contribution in [0.3, 0.4) is 0 Å². The molecule has 0 amide bonds. The van der Waals surface area contributed by atoms with Crippen LogP contribution in [0, 0.1) is 0 Å². The van der Waals surface area contributed by atoms with Gasteiger partial charge in [-0.15, -0.1) is 0 Å². The number of rotatable bonds is 5. The van der Waals surface area contributed by atoms with Gasteiger partial charge in [0.15, 0.2) is 11.6 Å². The summed E-state index contributed by atoms with van der Waals surface area (Å²) >= 11 is 0. The Bertz CT molecular complexity index is 2720. The van der Waals surface area contributed by atoms with Gasteiger partial charge in [-0.25, -0.2) is 19.9 Å². The number of hydrogen-bond donors (Lipinski definition) is 0. The average Bonchev–Trinajstić information content (AvgIpc) is 3.54. The largest absolute Gasteiger partial charge is 0.309 e. The highest BCUT2D eigenvalue weighted by molar-refractivity contribution is 6.12. The predicted octanol–water partition coefficient (Wildman–Crippen LogP) is 10.1. The molecule has 5 aromatic heterocycles. The van der Waals surface area contributed by atoms with Gasteiger partial charge in [0, 0.05) is 74.3 Å². The summed E-state index contributed by atoms with van der Waals surface area (Å²) in [7, 11) is 0. The van der Waals surface area contributed by atoms with E-state index in [-0.39, 0.29) is 0 Å². The Labute approximate surface area is 292 Å². The fourth-order valence-electron chi connectivity index (χ4n) is 7.02. The number of nitrogens with zero attached hydrogens (tertiary/aromatic N) is 7. The van der Waals surface area contributed by atoms with E-state index in [4.69, 9.17) is 19.9 Å². The van der Waals surface area contributed by atoms with Gasteiger partial charge in [-0.3, -0.25) is 9.97 Å². The molecule has 0 aliphatic carbocycles. The summed E-state index contributed by atoms with van der Waals surface area (Å²) in [6.07, 6.45) is 7.10. The Morgan fingerprint density at radius 2 is 0.804 bits per heavy atom. The van der Waals surface area contributed by atoms with Crippen LogP contribution in [0.15, 0.2) is 164 Å². The molecule has 0 unspecified atom stereocenters. The second-order valence-corrected chi connectivity index (χ2v) is 12.4. The van der Waals surface area contributed by atoms with E-state index in [9.17, 15) is 0 Å². The van der Waals surface area contributed by atoms with Crippen LogP contribution in [0.25, 0.3) is 94.6 Å². The van der Waals surface area contributed by atoms with Crippen molar-refractivity contribution in [3.63, 3.8) is 0 Å². The maximum atomic E-state index is 5.15. The summed E-state index contributed by atoms with van der Waals surface area (Å²) in [5.74, 6) is 1.34. The Morgan fingerprint density at radius 1 is 0.353 bits per heavy atom. The van der Waals surface area contributed by atoms with Gasteiger partial charge in [-0.1, -0.05) is 78.9 Å². The molecule has 7 heteroatoms. The molecule has 0 atom stereocenters. The fraction of sp³-hybridized carbons (Fsp3) is 0. The molecule has 0 aliphatic rings. The van der Waals surface area contributed by atoms with Crippen LogP contribution in [0.5, 0.6) is 0 Å². The van der Waals surface area contributed by atoms with Crippen LogP contribution >= 0.6 is 0 Å². The summed E-state index contributed by atoms with van der Waals surface area (Å²) in [4.78, 5) is 28.5. The zero-order chi connectivity index (χ0) is 33.7. The average molecular weight is 654 g/mol. The standard InChI is InChI=1S/C44H27N7/c1-2-8-32(9-3-1)51-39-26-30(41-35-10-4-6-12-37(35)47-43(49-41)28-18-22-45-23-19-28)14-16-33(39)34-17-15-31(27-40(34)51)42-36-11-5-7-13-38(36)48-44(50-42)29-20-24-46-25-21-29/h1-27H. The Kier molecular flexibility index (Phi) is 6.67. The quantitative estimate of drug-likeness (QED) is 0.184. The normalized spacial score (nSPS) is 11.5. The van der Waals surface area contributed by atoms with E-state index in [1.54, 1.807) is 24.8 Å². The maximum Gasteiger partial charge on any atom is 0.160 e. The molecule has 0 saturated carbocycles. The third kappa shape index (κ3) is 4.90. The number of hydrogen-bond acceptors (Lipinski definition) is 6. The SMILES string of the molecule is c1ccc(-n2c3cc(-c4nc(-c5ccncc5)nc5ccccc45)ccc3c3ccc(-c4nc(-c5ccncc5)nc5ccccc45)cc32)cc1. The van der Waals surface area contributed by atoms with Crippen molar-refractivity contribution < 1.29 is 0 Å². The molecule has 0 saturated heterocycles. The first-order valence-electron chi connectivity index (χ1n) is 16.8. The van der Waals surface area contributed by atoms with E-state index in [0.717, 1.165) is 82.9 Å². The van der Waals surface area contributed by atoms with Crippen molar-refractivity contribution in [2.75, 3.05) is 0 Å². The minimum atomic E-state index is 0.669. The van der Waals surface area contributed by atoms with E-state index in [0.29, 0.717) is 11.6 Å². The summed E-state index contributed by atoms with van der Waals surface area (Å²) in [5.41, 5.74) is 10.7. The summed E-state index contributed by atoms with van der Waals surface area (Å²) in [6.45, 7) is 0. The number of benzene rings is 5. The molecule has 0 aliphatic heterocycles. The van der Waals surface area contributed by atoms with Crippen molar-refractivity contribution in [1.82, 2.24) is 34.5 Å². The lowest BCUT2D eigenvalue weighted by Crippen LogP contribution is -1.97. The minimum absolute atomic E-state index is 0.669. The van der Waals surface area contributed by atoms with E-state index < -0.39 is 0 Å². The van der Waals surface area contributed by atoms with Crippen molar-refractivity contribution in [2.24, 2.45) is 0 Å². The van der Waals surface area contributed by atoms with Gasteiger partial charge >= 0.3 is 0 Å². The molecule has 51 heavy (non-hydrogen) atoms. The molecule has 0 bridgehead atoms. The lowest BCUT2D eigenvalue weighted by molar-refractivity contribution is 1.18. The van der Waals surface area contributed by atoms with Crippen LogP contribution < -0.4 is 0 Å². The van der Waals surface area contributed by atoms with E-state index in [2.05, 4.69) is 93.4 Å². The van der Waals surface area contributed by atoms with Gasteiger partial charge in [0.1, 0.15) is 0 Å². The van der Waals surface area contributed by atoms with Gasteiger partial charge < -0.3 is 4.57 Å². The van der Waals surface area contributed by atoms with Gasteiger partial charge in [-0.2, -0.15) is 0 Å². The van der Waals surface area contributed by atoms with E-state index >= 15 is 0 Å². The van der Waals surface area contributed by atoms with Crippen LogP contribution in [0.4, 0.5) is 0 Å². The van der Waals surface area contributed by atoms with Gasteiger partial charge in [0.05, 0.1) is 33.5 Å². The second-order valence-electron chi connectivity index (χ2n) is 12.4. The third-order valence-electron chi connectivity index (χ3n) is 9.41. The summed E-state index contributed by atoms with van der Waals surface area (Å²) in [6, 6.07) is 48.0. The number of para-hydroxylation sites is 3. The highest BCUT2D eigenvalue weighted by atomic mass is 15.0. The summed E-state index contributed by atoms with van der Waals surface area (Å²) < 4.78 is 2.35. The lowest BCUT2D eigenvalue weighted by Gasteiger charge is -2.12. The topological polar surface area (TPSA) is 82.3 Å². The van der Waals surface area contributed by atoms with Crippen LogP contribution in [0.1, 0.15) is 0 Å². The maximum absolute atomic E-state index is 5.15.